The van der Waals surface area contributed by atoms with Crippen molar-refractivity contribution in [3.63, 3.8) is 0 Å². The van der Waals surface area contributed by atoms with Crippen LogP contribution in [0.5, 0.6) is 0 Å². The molecule has 0 aromatic rings. The van der Waals surface area contributed by atoms with Crippen LogP contribution in [0.3, 0.4) is 0 Å². The molecule has 0 radical (unpaired) electrons. The first kappa shape index (κ1) is 42.9. The average molecular weight is 592 g/mol. The van der Waals surface area contributed by atoms with Crippen molar-refractivity contribution in [2.24, 2.45) is 11.7 Å². The summed E-state index contributed by atoms with van der Waals surface area (Å²) in [5.41, 5.74) is 5.63. The van der Waals surface area contributed by atoms with E-state index in [1.165, 1.54) is 77.0 Å². The Bertz CT molecular complexity index is 500. The van der Waals surface area contributed by atoms with Crippen LogP contribution in [0.25, 0.3) is 0 Å². The summed E-state index contributed by atoms with van der Waals surface area (Å²) in [4.78, 5) is 0. The van der Waals surface area contributed by atoms with Crippen LogP contribution < -0.4 is 5.73 Å². The molecule has 0 bridgehead atoms. The Balaban J connectivity index is 0. The first-order chi connectivity index (χ1) is 19.8. The number of methoxy groups -OCH3 is 2. The topological polar surface area (TPSA) is 81.4 Å². The van der Waals surface area contributed by atoms with E-state index in [2.05, 4.69) is 13.8 Å². The fourth-order valence-electron chi connectivity index (χ4n) is 5.30. The molecule has 250 valence electrons. The molecule has 0 fully saturated rings. The summed E-state index contributed by atoms with van der Waals surface area (Å²) >= 11 is 0. The maximum absolute atomic E-state index is 5.92. The van der Waals surface area contributed by atoms with Crippen LogP contribution in [0.4, 0.5) is 0 Å². The Labute approximate surface area is 256 Å². The van der Waals surface area contributed by atoms with Crippen molar-refractivity contribution in [1.29, 1.82) is 0 Å². The molecule has 0 aromatic carbocycles. The van der Waals surface area contributed by atoms with Crippen LogP contribution in [-0.2, 0) is 28.4 Å². The molecule has 0 aliphatic rings. The van der Waals surface area contributed by atoms with Gasteiger partial charge in [0.05, 0.1) is 0 Å². The summed E-state index contributed by atoms with van der Waals surface area (Å²) < 4.78 is 34.6. The Morgan fingerprint density at radius 3 is 1.34 bits per heavy atom. The molecule has 0 rings (SSSR count). The minimum atomic E-state index is -1.06. The Morgan fingerprint density at radius 1 is 0.537 bits per heavy atom. The van der Waals surface area contributed by atoms with Crippen LogP contribution >= 0.6 is 0 Å². The second kappa shape index (κ2) is 29.8. The average Bonchev–Trinajstić information content (AvgIpc) is 2.97. The van der Waals surface area contributed by atoms with E-state index in [-0.39, 0.29) is 6.10 Å². The van der Waals surface area contributed by atoms with Gasteiger partial charge in [-0.3, -0.25) is 0 Å². The van der Waals surface area contributed by atoms with Gasteiger partial charge in [0, 0.05) is 46.6 Å². The molecule has 0 saturated heterocycles. The molecule has 2 N–H and O–H groups in total. The smallest absolute Gasteiger partial charge is 0.310 e. The predicted octanol–water partition coefficient (Wildman–Crippen LogP) is 9.01. The van der Waals surface area contributed by atoms with Crippen molar-refractivity contribution in [1.82, 2.24) is 0 Å². The van der Waals surface area contributed by atoms with Crippen LogP contribution in [0.15, 0.2) is 0 Å². The number of nitrogens with two attached hydrogens (primary N) is 1. The third-order valence-corrected chi connectivity index (χ3v) is 7.83. The minimum absolute atomic E-state index is 0.177. The van der Waals surface area contributed by atoms with Crippen molar-refractivity contribution < 1.29 is 28.4 Å². The standard InChI is InChI=1S/C18H38O4.C16H35NO2/c1-6-11-12-13-14-15-16-17(19-7-2)18(20-8-3,21-9-4)22-10-5;1-5-6-7-8-9-10-12-15(13-11-14-17)16(2,18-3)19-4/h17H,6-16H2,1-5H3;15H,5-14,17H2,1-4H3. The quantitative estimate of drug-likeness (QED) is 0.0686. The molecule has 0 aliphatic heterocycles. The molecule has 0 aromatic heterocycles. The van der Waals surface area contributed by atoms with Gasteiger partial charge < -0.3 is 34.2 Å². The van der Waals surface area contributed by atoms with Gasteiger partial charge in [0.1, 0.15) is 6.10 Å². The highest BCUT2D eigenvalue weighted by atomic mass is 16.9. The number of ether oxygens (including phenoxy) is 6. The molecule has 2 atom stereocenters. The molecule has 0 saturated carbocycles. The van der Waals surface area contributed by atoms with Crippen LogP contribution in [0.1, 0.15) is 151 Å². The maximum atomic E-state index is 5.92. The molecular weight excluding hydrogens is 518 g/mol. The molecule has 0 amide bonds. The highest BCUT2D eigenvalue weighted by molar-refractivity contribution is 4.75. The molecular formula is C34H73NO6. The van der Waals surface area contributed by atoms with E-state index in [1.807, 2.05) is 34.6 Å². The fourth-order valence-corrected chi connectivity index (χ4v) is 5.30. The van der Waals surface area contributed by atoms with E-state index in [1.54, 1.807) is 14.2 Å². The molecule has 7 nitrogen and oxygen atoms in total. The van der Waals surface area contributed by atoms with Crippen LogP contribution in [0, 0.1) is 5.92 Å². The van der Waals surface area contributed by atoms with Crippen molar-refractivity contribution >= 4 is 0 Å². The van der Waals surface area contributed by atoms with Gasteiger partial charge in [-0.1, -0.05) is 90.9 Å². The first-order valence-corrected chi connectivity index (χ1v) is 17.2. The van der Waals surface area contributed by atoms with Gasteiger partial charge in [-0.05, 0) is 66.8 Å². The summed E-state index contributed by atoms with van der Waals surface area (Å²) in [5.74, 6) is -1.08. The second-order valence-electron chi connectivity index (χ2n) is 11.0. The molecule has 0 spiro atoms. The molecule has 7 heteroatoms. The van der Waals surface area contributed by atoms with Gasteiger partial charge in [-0.2, -0.15) is 0 Å². The largest absolute Gasteiger partial charge is 0.370 e. The zero-order valence-corrected chi connectivity index (χ0v) is 29.0. The van der Waals surface area contributed by atoms with Gasteiger partial charge in [0.25, 0.3) is 0 Å². The van der Waals surface area contributed by atoms with Gasteiger partial charge in [0.2, 0.25) is 0 Å². The summed E-state index contributed by atoms with van der Waals surface area (Å²) in [6, 6.07) is 0. The molecule has 0 heterocycles. The number of unbranched alkanes of at least 4 members (excludes halogenated alkanes) is 10. The highest BCUT2D eigenvalue weighted by Crippen LogP contribution is 2.31. The van der Waals surface area contributed by atoms with Crippen molar-refractivity contribution in [2.45, 2.75) is 169 Å². The van der Waals surface area contributed by atoms with Crippen LogP contribution in [0.2, 0.25) is 0 Å². The van der Waals surface area contributed by atoms with E-state index < -0.39 is 11.8 Å². The monoisotopic (exact) mass is 592 g/mol. The molecule has 2 unspecified atom stereocenters. The summed E-state index contributed by atoms with van der Waals surface area (Å²) in [7, 11) is 3.47. The first-order valence-electron chi connectivity index (χ1n) is 17.2. The maximum Gasteiger partial charge on any atom is 0.310 e. The van der Waals surface area contributed by atoms with Crippen molar-refractivity contribution in [3.8, 4) is 0 Å². The Kier molecular flexibility index (Phi) is 31.1. The van der Waals surface area contributed by atoms with Gasteiger partial charge in [-0.15, -0.1) is 0 Å². The predicted molar refractivity (Wildman–Crippen MR) is 173 cm³/mol. The Hall–Kier alpha value is -0.280. The second-order valence-corrected chi connectivity index (χ2v) is 11.0. The van der Waals surface area contributed by atoms with E-state index in [0.717, 1.165) is 32.2 Å². The fraction of sp³-hybridized carbons (Fsp3) is 1.00. The third kappa shape index (κ3) is 20.3. The third-order valence-electron chi connectivity index (χ3n) is 7.83. The number of rotatable bonds is 29. The van der Waals surface area contributed by atoms with Gasteiger partial charge in [0.15, 0.2) is 5.79 Å². The number of hydrogen-bond donors (Lipinski definition) is 1. The van der Waals surface area contributed by atoms with E-state index in [0.29, 0.717) is 32.3 Å². The van der Waals surface area contributed by atoms with Gasteiger partial charge in [-0.25, -0.2) is 0 Å². The highest BCUT2D eigenvalue weighted by Gasteiger charge is 2.42. The summed E-state index contributed by atoms with van der Waals surface area (Å²) in [6.45, 7) is 17.4. The van der Waals surface area contributed by atoms with Gasteiger partial charge >= 0.3 is 5.97 Å². The number of hydrogen-bond acceptors (Lipinski definition) is 7. The summed E-state index contributed by atoms with van der Waals surface area (Å²) in [6.07, 6.45) is 19.6. The lowest BCUT2D eigenvalue weighted by Crippen LogP contribution is -2.51. The normalized spacial score (nSPS) is 13.6. The molecule has 0 aliphatic carbocycles. The zero-order valence-electron chi connectivity index (χ0n) is 29.0. The molecule has 41 heavy (non-hydrogen) atoms. The lowest BCUT2D eigenvalue weighted by Gasteiger charge is -2.38. The van der Waals surface area contributed by atoms with E-state index in [9.17, 15) is 0 Å². The summed E-state index contributed by atoms with van der Waals surface area (Å²) in [5, 5.41) is 0. The lowest BCUT2D eigenvalue weighted by atomic mass is 9.88. The Morgan fingerprint density at radius 2 is 0.951 bits per heavy atom. The van der Waals surface area contributed by atoms with E-state index in [4.69, 9.17) is 34.2 Å². The van der Waals surface area contributed by atoms with Crippen molar-refractivity contribution in [2.75, 3.05) is 47.2 Å². The minimum Gasteiger partial charge on any atom is -0.370 e. The van der Waals surface area contributed by atoms with E-state index >= 15 is 0 Å². The lowest BCUT2D eigenvalue weighted by molar-refractivity contribution is -0.415. The SMILES string of the molecule is CCCCCCCCC(CCCN)C(C)(OC)OC.CCCCCCCCC(OCC)C(OCC)(OCC)OCC. The zero-order chi connectivity index (χ0) is 31.2. The van der Waals surface area contributed by atoms with Crippen molar-refractivity contribution in [3.05, 3.63) is 0 Å². The van der Waals surface area contributed by atoms with Crippen LogP contribution in [-0.4, -0.2) is 65.1 Å².